The molecule has 0 heterocycles. The van der Waals surface area contributed by atoms with Gasteiger partial charge >= 0.3 is 85.4 Å². The Morgan fingerprint density at radius 2 is 1.69 bits per heavy atom. The molecule has 1 rings (SSSR count). The molecule has 8 heteroatoms. The fraction of sp³-hybridized carbons (Fsp3) is 0.125. The van der Waals surface area contributed by atoms with Gasteiger partial charge in [-0.25, -0.2) is 0 Å². The van der Waals surface area contributed by atoms with E-state index in [9.17, 15) is 0 Å². The molecule has 1 radical (unpaired) electrons. The molecule has 1 aromatic carbocycles. The van der Waals surface area contributed by atoms with Crippen molar-refractivity contribution in [3.63, 3.8) is 0 Å². The van der Waals surface area contributed by atoms with Gasteiger partial charge in [-0.05, 0) is 0 Å². The molecule has 0 spiro atoms. The van der Waals surface area contributed by atoms with Crippen molar-refractivity contribution in [2.75, 3.05) is 0 Å². The van der Waals surface area contributed by atoms with Crippen molar-refractivity contribution in [1.29, 1.82) is 0 Å². The SMILES string of the molecule is CC(=[OH+])OI(Br)c1ccccc1.[Br][Al-]([Br])[Br]. The maximum absolute atomic E-state index is 8.89. The average Bonchev–Trinajstić information content (AvgIpc) is 2.17. The summed E-state index contributed by atoms with van der Waals surface area (Å²) in [6.07, 6.45) is 0. The molecule has 0 aliphatic heterocycles. The fourth-order valence-corrected chi connectivity index (χ4v) is 4.98. The monoisotopic (exact) mass is 607 g/mol. The van der Waals surface area contributed by atoms with Crippen LogP contribution in [-0.4, -0.2) is 19.4 Å². The van der Waals surface area contributed by atoms with Crippen molar-refractivity contribution in [3.05, 3.63) is 33.9 Å². The number of hydrogen-bond donors (Lipinski definition) is 0. The van der Waals surface area contributed by atoms with Crippen LogP contribution in [0.4, 0.5) is 0 Å². The van der Waals surface area contributed by atoms with Crippen LogP contribution in [0.1, 0.15) is 6.92 Å². The van der Waals surface area contributed by atoms with Crippen LogP contribution in [0.25, 0.3) is 0 Å². The second kappa shape index (κ2) is 10.8. The van der Waals surface area contributed by atoms with Gasteiger partial charge in [0.2, 0.25) is 8.67 Å². The van der Waals surface area contributed by atoms with Crippen LogP contribution in [-0.2, 0) is 3.07 Å². The zero-order chi connectivity index (χ0) is 12.6. The van der Waals surface area contributed by atoms with E-state index in [2.05, 4.69) is 54.8 Å². The van der Waals surface area contributed by atoms with E-state index < -0.39 is 26.7 Å². The topological polar surface area (TPSA) is 30.6 Å². The fourth-order valence-electron chi connectivity index (χ4n) is 0.656. The number of benzene rings is 1. The minimum absolute atomic E-state index is 0.0286. The number of rotatable bonds is 2. The normalized spacial score (nSPS) is 10.2. The van der Waals surface area contributed by atoms with Crippen molar-refractivity contribution >= 4 is 87.5 Å². The minimum Gasteiger partial charge on any atom is -0.413 e. The average molecular weight is 611 g/mol. The summed E-state index contributed by atoms with van der Waals surface area (Å²) >= 11 is 11.4. The van der Waals surface area contributed by atoms with Gasteiger partial charge in [0, 0.05) is 0 Å². The first-order chi connectivity index (χ1) is 7.43. The first-order valence-corrected chi connectivity index (χ1v) is 20.3. The number of carbonyl (C=O) groups excluding carboxylic acids is 1. The predicted octanol–water partition coefficient (Wildman–Crippen LogP) is 5.28. The van der Waals surface area contributed by atoms with Crippen LogP contribution in [0.15, 0.2) is 30.3 Å². The Morgan fingerprint density at radius 3 is 2.06 bits per heavy atom. The second-order valence-electron chi connectivity index (χ2n) is 2.35. The first-order valence-electron chi connectivity index (χ1n) is 3.98. The van der Waals surface area contributed by atoms with Gasteiger partial charge in [-0.15, -0.1) is 0 Å². The van der Waals surface area contributed by atoms with Crippen LogP contribution in [0.3, 0.4) is 0 Å². The van der Waals surface area contributed by atoms with E-state index in [0.717, 1.165) is 3.57 Å². The van der Waals surface area contributed by atoms with Crippen LogP contribution in [0.2, 0.25) is 0 Å². The molecule has 2 nitrogen and oxygen atoms in total. The predicted molar refractivity (Wildman–Crippen MR) is 94.3 cm³/mol. The Balaban J connectivity index is 0.000000487. The molecule has 91 valence electrons. The van der Waals surface area contributed by atoms with E-state index in [1.54, 1.807) is 0 Å². The number of hydrogen-bond acceptors (Lipinski definition) is 1. The van der Waals surface area contributed by atoms with E-state index in [0.29, 0.717) is 0 Å². The van der Waals surface area contributed by atoms with Gasteiger partial charge in [0.05, 0.1) is 0 Å². The van der Waals surface area contributed by atoms with Gasteiger partial charge < -0.3 is 42.2 Å². The van der Waals surface area contributed by atoms with E-state index in [1.165, 1.54) is 6.92 Å². The van der Waals surface area contributed by atoms with Crippen LogP contribution in [0.5, 0.6) is 0 Å². The van der Waals surface area contributed by atoms with Crippen LogP contribution in [0, 0.1) is 3.57 Å². The van der Waals surface area contributed by atoms with Crippen LogP contribution < -0.4 is 0 Å². The molecule has 1 N–H and O–H groups in total. The molecule has 0 saturated carbocycles. The van der Waals surface area contributed by atoms with E-state index >= 15 is 0 Å². The zero-order valence-corrected chi connectivity index (χ0v) is 17.9. The van der Waals surface area contributed by atoms with Gasteiger partial charge in [0.25, 0.3) is 0 Å². The maximum Gasteiger partial charge on any atom is 0.239 e. The van der Waals surface area contributed by atoms with Crippen molar-refractivity contribution in [2.45, 2.75) is 6.92 Å². The number of halogens is 5. The van der Waals surface area contributed by atoms with Crippen molar-refractivity contribution in [2.24, 2.45) is 0 Å². The molecular formula is C8H9AlBr4IO2. The zero-order valence-electron chi connectivity index (χ0n) is 8.21. The molecular weight excluding hydrogens is 602 g/mol. The summed E-state index contributed by atoms with van der Waals surface area (Å²) in [6, 6.07) is 9.84. The third-order valence-electron chi connectivity index (χ3n) is 1.08. The minimum atomic E-state index is -1.76. The van der Waals surface area contributed by atoms with E-state index in [4.69, 9.17) is 7.86 Å². The molecule has 0 aliphatic carbocycles. The largest absolute Gasteiger partial charge is 0.413 e. The summed E-state index contributed by atoms with van der Waals surface area (Å²) in [5.74, 6) is 0.0286. The Morgan fingerprint density at radius 1 is 1.25 bits per heavy atom. The molecule has 0 amide bonds. The third-order valence-corrected chi connectivity index (χ3v) is 6.95. The van der Waals surface area contributed by atoms with Gasteiger partial charge in [0.1, 0.15) is 0 Å². The second-order valence-corrected chi connectivity index (χ2v) is 28.7. The first kappa shape index (κ1) is 17.9. The summed E-state index contributed by atoms with van der Waals surface area (Å²) < 4.78 is 6.32. The Bertz CT molecular complexity index is 309. The smallest absolute Gasteiger partial charge is 0.239 e. The Hall–Kier alpha value is 1.87. The van der Waals surface area contributed by atoms with Gasteiger partial charge in [-0.2, -0.15) is 0 Å². The Labute approximate surface area is 134 Å². The molecule has 0 bridgehead atoms. The summed E-state index contributed by atoms with van der Waals surface area (Å²) in [6.45, 7) is 1.54. The van der Waals surface area contributed by atoms with Gasteiger partial charge in [0.15, 0.2) is 0 Å². The molecule has 1 aromatic rings. The van der Waals surface area contributed by atoms with Crippen molar-refractivity contribution in [3.8, 4) is 0 Å². The summed E-state index contributed by atoms with van der Waals surface area (Å²) in [5.41, 5.74) is 0. The third kappa shape index (κ3) is 11.0. The molecule has 0 fully saturated rings. The van der Waals surface area contributed by atoms with E-state index in [1.807, 2.05) is 30.3 Å². The van der Waals surface area contributed by atoms with Crippen molar-refractivity contribution in [1.82, 2.24) is 0 Å². The standard InChI is InChI=1S/C8H8BrIO2.Al.3BrH/c1-7(11)12-10(9)8-5-3-2-4-6-8;;;;/h2-6H,1H3;;3*1H/q;+2;;;/p-2. The molecule has 0 unspecified atom stereocenters. The van der Waals surface area contributed by atoms with Crippen molar-refractivity contribution < 1.29 is 7.86 Å². The molecule has 0 saturated heterocycles. The molecule has 0 atom stereocenters. The summed E-state index contributed by atoms with van der Waals surface area (Å²) in [7, 11) is -0.701. The van der Waals surface area contributed by atoms with Gasteiger partial charge in [-0.3, -0.25) is 0 Å². The Kier molecular flexibility index (Phi) is 12.0. The van der Waals surface area contributed by atoms with E-state index in [-0.39, 0.29) is 5.97 Å². The molecule has 0 aromatic heterocycles. The van der Waals surface area contributed by atoms with Crippen LogP contribution >= 0.6 is 72.9 Å². The molecule has 16 heavy (non-hydrogen) atoms. The summed E-state index contributed by atoms with van der Waals surface area (Å²) in [5, 5.41) is 0. The maximum atomic E-state index is 8.89. The van der Waals surface area contributed by atoms with Gasteiger partial charge in [-0.1, -0.05) is 0 Å². The molecule has 0 aliphatic rings. The summed E-state index contributed by atoms with van der Waals surface area (Å²) in [4.78, 5) is 8.89. The quantitative estimate of drug-likeness (QED) is 0.255.